The second-order valence-electron chi connectivity index (χ2n) is 9.67. The number of rotatable bonds is 4. The van der Waals surface area contributed by atoms with Crippen LogP contribution in [0.25, 0.3) is 22.8 Å². The molecular weight excluding hydrogens is 543 g/mol. The quantitative estimate of drug-likeness (QED) is 0.252. The summed E-state index contributed by atoms with van der Waals surface area (Å²) in [6.45, 7) is 0. The van der Waals surface area contributed by atoms with Gasteiger partial charge in [0, 0.05) is 33.5 Å². The maximum absolute atomic E-state index is 5.34. The van der Waals surface area contributed by atoms with Gasteiger partial charge in [0.15, 0.2) is 11.6 Å². The fourth-order valence-corrected chi connectivity index (χ4v) is 6.01. The molecule has 0 atom stereocenters. The normalized spacial score (nSPS) is 16.4. The van der Waals surface area contributed by atoms with E-state index in [0.29, 0.717) is 22.4 Å². The molecule has 4 aromatic rings. The van der Waals surface area contributed by atoms with E-state index in [-0.39, 0.29) is 16.8 Å². The summed E-state index contributed by atoms with van der Waals surface area (Å²) in [6.07, 6.45) is 12.6. The Bertz CT molecular complexity index is 1130. The first-order valence-corrected chi connectivity index (χ1v) is 13.9. The zero-order valence-corrected chi connectivity index (χ0v) is 23.5. The molecule has 0 spiro atoms. The van der Waals surface area contributed by atoms with Crippen LogP contribution in [0.5, 0.6) is 0 Å². The Morgan fingerprint density at radius 2 is 0.865 bits per heavy atom. The Morgan fingerprint density at radius 1 is 0.514 bits per heavy atom. The van der Waals surface area contributed by atoms with Gasteiger partial charge in [0.2, 0.25) is 0 Å². The van der Waals surface area contributed by atoms with E-state index >= 15 is 0 Å². The SMILES string of the molecule is [Co+2].[S-]c1nnc(-c2ccccc2)n1C1CCCCC1.[S-]c1nnc(-c2ccccc2)n1C1CCCCC1. The van der Waals surface area contributed by atoms with Crippen molar-refractivity contribution in [2.75, 3.05) is 0 Å². The molecule has 0 saturated heterocycles. The zero-order valence-electron chi connectivity index (χ0n) is 20.8. The van der Waals surface area contributed by atoms with Gasteiger partial charge in [-0.05, 0) is 25.7 Å². The van der Waals surface area contributed by atoms with E-state index in [1.54, 1.807) is 0 Å². The Balaban J connectivity index is 0.000000168. The summed E-state index contributed by atoms with van der Waals surface area (Å²) in [5, 5.41) is 18.0. The van der Waals surface area contributed by atoms with Gasteiger partial charge in [-0.1, -0.05) is 99.2 Å². The van der Waals surface area contributed by atoms with Crippen LogP contribution in [0, 0.1) is 0 Å². The molecule has 2 aromatic heterocycles. The monoisotopic (exact) mass is 575 g/mol. The van der Waals surface area contributed by atoms with E-state index < -0.39 is 0 Å². The molecule has 2 saturated carbocycles. The van der Waals surface area contributed by atoms with Gasteiger partial charge >= 0.3 is 16.8 Å². The van der Waals surface area contributed by atoms with Crippen LogP contribution in [0.2, 0.25) is 0 Å². The molecule has 0 amide bonds. The number of hydrogen-bond donors (Lipinski definition) is 0. The first kappa shape index (κ1) is 27.7. The summed E-state index contributed by atoms with van der Waals surface area (Å²) >= 11 is 10.7. The predicted molar refractivity (Wildman–Crippen MR) is 146 cm³/mol. The second-order valence-corrected chi connectivity index (χ2v) is 10.4. The molecular formula is C28H32CoN6S2. The third kappa shape index (κ3) is 6.57. The second kappa shape index (κ2) is 13.5. The molecule has 6 nitrogen and oxygen atoms in total. The van der Waals surface area contributed by atoms with E-state index in [4.69, 9.17) is 25.3 Å². The minimum atomic E-state index is 0. The van der Waals surface area contributed by atoms with Crippen molar-refractivity contribution >= 4 is 25.3 Å². The van der Waals surface area contributed by atoms with Crippen LogP contribution in [0.1, 0.15) is 76.3 Å². The molecule has 2 aromatic carbocycles. The van der Waals surface area contributed by atoms with Crippen molar-refractivity contribution in [3.8, 4) is 22.8 Å². The molecule has 6 rings (SSSR count). The summed E-state index contributed by atoms with van der Waals surface area (Å²) in [4.78, 5) is 0. The molecule has 2 heterocycles. The minimum absolute atomic E-state index is 0. The first-order chi connectivity index (χ1) is 17.7. The molecule has 0 N–H and O–H groups in total. The van der Waals surface area contributed by atoms with Gasteiger partial charge in [0.05, 0.1) is 0 Å². The van der Waals surface area contributed by atoms with E-state index in [1.807, 2.05) is 36.4 Å². The van der Waals surface area contributed by atoms with Crippen LogP contribution in [-0.2, 0) is 42.0 Å². The Morgan fingerprint density at radius 3 is 1.22 bits per heavy atom. The predicted octanol–water partition coefficient (Wildman–Crippen LogP) is 6.71. The van der Waals surface area contributed by atoms with E-state index in [2.05, 4.69) is 53.8 Å². The van der Waals surface area contributed by atoms with Gasteiger partial charge in [-0.15, -0.1) is 10.2 Å². The molecule has 2 aliphatic carbocycles. The van der Waals surface area contributed by atoms with Crippen molar-refractivity contribution in [1.29, 1.82) is 0 Å². The first-order valence-electron chi connectivity index (χ1n) is 13.1. The summed E-state index contributed by atoms with van der Waals surface area (Å²) in [5.74, 6) is 1.85. The van der Waals surface area contributed by atoms with Crippen molar-refractivity contribution in [3.63, 3.8) is 0 Å². The fraction of sp³-hybridized carbons (Fsp3) is 0.429. The van der Waals surface area contributed by atoms with E-state index in [1.165, 1.54) is 64.2 Å². The molecule has 0 unspecified atom stereocenters. The van der Waals surface area contributed by atoms with Crippen LogP contribution < -0.4 is 0 Å². The summed E-state index contributed by atoms with van der Waals surface area (Å²) in [7, 11) is 0. The smallest absolute Gasteiger partial charge is 0.740 e. The van der Waals surface area contributed by atoms with Crippen LogP contribution in [0.3, 0.4) is 0 Å². The van der Waals surface area contributed by atoms with E-state index in [9.17, 15) is 0 Å². The van der Waals surface area contributed by atoms with Gasteiger partial charge in [0.25, 0.3) is 0 Å². The summed E-state index contributed by atoms with van der Waals surface area (Å²) in [6, 6.07) is 21.4. The third-order valence-corrected chi connectivity index (χ3v) is 7.83. The Hall–Kier alpha value is -2.33. The molecule has 9 heteroatoms. The van der Waals surface area contributed by atoms with Gasteiger partial charge in [-0.3, -0.25) is 0 Å². The van der Waals surface area contributed by atoms with Gasteiger partial charge in [-0.2, -0.15) is 10.2 Å². The van der Waals surface area contributed by atoms with Crippen LogP contribution in [-0.4, -0.2) is 29.5 Å². The molecule has 2 fully saturated rings. The summed E-state index contributed by atoms with van der Waals surface area (Å²) in [5.41, 5.74) is 2.21. The topological polar surface area (TPSA) is 61.4 Å². The fourth-order valence-electron chi connectivity index (χ4n) is 5.46. The Kier molecular flexibility index (Phi) is 10.1. The molecule has 2 aliphatic rings. The molecule has 1 radical (unpaired) electrons. The minimum Gasteiger partial charge on any atom is -0.740 e. The third-order valence-electron chi connectivity index (χ3n) is 7.27. The standard InChI is InChI=1S/2C14H17N3S.Co/c2*18-14-16-15-13(11-7-3-1-4-8-11)17(14)12-9-5-2-6-10-12;/h2*1,3-4,7-8,12H,2,5-6,9-10H2,(H,16,18);/q;;+2/p-2. The molecule has 37 heavy (non-hydrogen) atoms. The summed E-state index contributed by atoms with van der Waals surface area (Å²) < 4.78 is 4.31. The van der Waals surface area contributed by atoms with Gasteiger partial charge in [-0.25, -0.2) is 0 Å². The molecule has 0 bridgehead atoms. The van der Waals surface area contributed by atoms with E-state index in [0.717, 1.165) is 22.8 Å². The van der Waals surface area contributed by atoms with Crippen molar-refractivity contribution in [2.45, 2.75) is 86.6 Å². The van der Waals surface area contributed by atoms with Gasteiger partial charge < -0.3 is 34.4 Å². The van der Waals surface area contributed by atoms with Crippen molar-refractivity contribution in [3.05, 3.63) is 60.7 Å². The van der Waals surface area contributed by atoms with Crippen LogP contribution >= 0.6 is 0 Å². The van der Waals surface area contributed by atoms with Crippen LogP contribution in [0.15, 0.2) is 71.0 Å². The number of aromatic nitrogens is 6. The average Bonchev–Trinajstić information content (AvgIpc) is 3.53. The van der Waals surface area contributed by atoms with Crippen molar-refractivity contribution < 1.29 is 16.8 Å². The van der Waals surface area contributed by atoms with Crippen molar-refractivity contribution in [1.82, 2.24) is 29.5 Å². The zero-order chi connectivity index (χ0) is 24.7. The molecule has 0 aliphatic heterocycles. The van der Waals surface area contributed by atoms with Crippen LogP contribution in [0.4, 0.5) is 0 Å². The maximum atomic E-state index is 5.34. The number of nitrogens with zero attached hydrogens (tertiary/aromatic N) is 6. The largest absolute Gasteiger partial charge is 2.00 e. The van der Waals surface area contributed by atoms with Gasteiger partial charge in [0.1, 0.15) is 0 Å². The average molecular weight is 576 g/mol. The Labute approximate surface area is 240 Å². The maximum Gasteiger partial charge on any atom is 2.00 e. The molecule has 195 valence electrons. The van der Waals surface area contributed by atoms with Crippen molar-refractivity contribution in [2.24, 2.45) is 0 Å². The number of benzene rings is 2. The number of hydrogen-bond acceptors (Lipinski definition) is 6.